The van der Waals surface area contributed by atoms with Gasteiger partial charge in [-0.2, -0.15) is 0 Å². The van der Waals surface area contributed by atoms with Gasteiger partial charge in [-0.05, 0) is 77.5 Å². The van der Waals surface area contributed by atoms with E-state index in [1.165, 1.54) is 37.7 Å². The molecule has 31 heavy (non-hydrogen) atoms. The SMILES string of the molecule is CCCC(=O)OS(c1ccccc1)(c1ccccc1)c1ccc(C2CCCCC2)cc1. The summed E-state index contributed by atoms with van der Waals surface area (Å²) < 4.78 is 6.47. The Kier molecular flexibility index (Phi) is 7.14. The molecule has 3 aromatic carbocycles. The van der Waals surface area contributed by atoms with Crippen LogP contribution >= 0.6 is 10.3 Å². The van der Waals surface area contributed by atoms with Gasteiger partial charge in [0.1, 0.15) is 0 Å². The van der Waals surface area contributed by atoms with Crippen LogP contribution in [-0.4, -0.2) is 5.97 Å². The fourth-order valence-electron chi connectivity index (χ4n) is 4.53. The van der Waals surface area contributed by atoms with E-state index in [9.17, 15) is 4.79 Å². The molecule has 162 valence electrons. The average Bonchev–Trinajstić information content (AvgIpc) is 2.84. The van der Waals surface area contributed by atoms with Gasteiger partial charge in [-0.3, -0.25) is 4.79 Å². The monoisotopic (exact) mass is 432 g/mol. The van der Waals surface area contributed by atoms with Crippen molar-refractivity contribution in [1.29, 1.82) is 0 Å². The third kappa shape index (κ3) is 4.72. The van der Waals surface area contributed by atoms with Gasteiger partial charge in [-0.1, -0.05) is 74.7 Å². The highest BCUT2D eigenvalue weighted by molar-refractivity contribution is 8.30. The van der Waals surface area contributed by atoms with Gasteiger partial charge < -0.3 is 4.18 Å². The number of hydrogen-bond acceptors (Lipinski definition) is 2. The predicted octanol–water partition coefficient (Wildman–Crippen LogP) is 8.27. The highest BCUT2D eigenvalue weighted by atomic mass is 32.3. The van der Waals surface area contributed by atoms with E-state index < -0.39 is 10.3 Å². The molecular formula is C28H32O2S. The summed E-state index contributed by atoms with van der Waals surface area (Å²) in [6, 6.07) is 29.5. The minimum absolute atomic E-state index is 0.137. The van der Waals surface area contributed by atoms with Gasteiger partial charge in [0.25, 0.3) is 0 Å². The van der Waals surface area contributed by atoms with E-state index in [0.29, 0.717) is 12.3 Å². The van der Waals surface area contributed by atoms with Gasteiger partial charge in [0.15, 0.2) is 0 Å². The van der Waals surface area contributed by atoms with Gasteiger partial charge >= 0.3 is 5.97 Å². The van der Waals surface area contributed by atoms with Crippen LogP contribution in [0.5, 0.6) is 0 Å². The minimum Gasteiger partial charge on any atom is -0.402 e. The average molecular weight is 433 g/mol. The normalized spacial score (nSPS) is 15.4. The van der Waals surface area contributed by atoms with Crippen LogP contribution in [0.3, 0.4) is 0 Å². The molecule has 0 saturated heterocycles. The zero-order valence-electron chi connectivity index (χ0n) is 18.3. The van der Waals surface area contributed by atoms with Crippen molar-refractivity contribution in [3.8, 4) is 0 Å². The zero-order chi connectivity index (χ0) is 21.5. The van der Waals surface area contributed by atoms with Crippen molar-refractivity contribution in [2.45, 2.75) is 72.5 Å². The maximum Gasteiger partial charge on any atom is 0.317 e. The standard InChI is InChI=1S/C28H32O2S/c1-2-12-28(29)30-31(25-15-8-4-9-16-25,26-17-10-5-11-18-26)27-21-19-24(20-22-27)23-13-6-3-7-14-23/h4-5,8-11,15-23H,2-3,6-7,12-14H2,1H3. The second-order valence-electron chi connectivity index (χ2n) is 8.29. The molecule has 1 saturated carbocycles. The third-order valence-corrected chi connectivity index (χ3v) is 9.35. The second kappa shape index (κ2) is 10.2. The molecule has 0 radical (unpaired) electrons. The lowest BCUT2D eigenvalue weighted by Gasteiger charge is -2.40. The van der Waals surface area contributed by atoms with Crippen molar-refractivity contribution in [2.75, 3.05) is 0 Å². The van der Waals surface area contributed by atoms with E-state index in [-0.39, 0.29) is 5.97 Å². The summed E-state index contributed by atoms with van der Waals surface area (Å²) in [5, 5.41) is 0. The molecule has 0 N–H and O–H groups in total. The van der Waals surface area contributed by atoms with Gasteiger partial charge in [0.2, 0.25) is 0 Å². The molecule has 0 unspecified atom stereocenters. The van der Waals surface area contributed by atoms with E-state index >= 15 is 0 Å². The molecule has 2 nitrogen and oxygen atoms in total. The van der Waals surface area contributed by atoms with Crippen LogP contribution in [0.15, 0.2) is 99.6 Å². The van der Waals surface area contributed by atoms with E-state index in [0.717, 1.165) is 21.1 Å². The fourth-order valence-corrected chi connectivity index (χ4v) is 7.60. The van der Waals surface area contributed by atoms with E-state index in [4.69, 9.17) is 4.18 Å². The summed E-state index contributed by atoms with van der Waals surface area (Å²) in [7, 11) is -2.15. The lowest BCUT2D eigenvalue weighted by molar-refractivity contribution is -0.133. The van der Waals surface area contributed by atoms with Crippen molar-refractivity contribution in [2.24, 2.45) is 0 Å². The van der Waals surface area contributed by atoms with Crippen LogP contribution in [-0.2, 0) is 8.98 Å². The van der Waals surface area contributed by atoms with Gasteiger partial charge in [-0.25, -0.2) is 0 Å². The molecule has 0 spiro atoms. The Hall–Kier alpha value is -2.52. The molecule has 0 aromatic heterocycles. The van der Waals surface area contributed by atoms with E-state index in [2.05, 4.69) is 48.5 Å². The molecule has 1 aliphatic carbocycles. The topological polar surface area (TPSA) is 26.3 Å². The number of carbonyl (C=O) groups is 1. The lowest BCUT2D eigenvalue weighted by Crippen LogP contribution is -2.13. The maximum atomic E-state index is 12.9. The summed E-state index contributed by atoms with van der Waals surface area (Å²) in [6.07, 6.45) is 7.76. The minimum atomic E-state index is -2.15. The molecule has 0 bridgehead atoms. The number of benzene rings is 3. The largest absolute Gasteiger partial charge is 0.402 e. The first-order valence-corrected chi connectivity index (χ1v) is 13.1. The maximum absolute atomic E-state index is 12.9. The van der Waals surface area contributed by atoms with Crippen molar-refractivity contribution in [3.05, 3.63) is 90.5 Å². The molecule has 0 amide bonds. The Morgan fingerprint density at radius 1 is 0.774 bits per heavy atom. The quantitative estimate of drug-likeness (QED) is 0.375. The summed E-state index contributed by atoms with van der Waals surface area (Å²) in [4.78, 5) is 16.1. The molecule has 3 aromatic rings. The molecular weight excluding hydrogens is 400 g/mol. The molecule has 0 heterocycles. The Morgan fingerprint density at radius 2 is 1.29 bits per heavy atom. The van der Waals surface area contributed by atoms with Gasteiger partial charge in [0, 0.05) is 21.1 Å². The Balaban J connectivity index is 1.83. The highest BCUT2D eigenvalue weighted by Gasteiger charge is 2.35. The summed E-state index contributed by atoms with van der Waals surface area (Å²) >= 11 is 0. The van der Waals surface area contributed by atoms with Crippen LogP contribution in [0.25, 0.3) is 0 Å². The van der Waals surface area contributed by atoms with Crippen LogP contribution in [0, 0.1) is 0 Å². The molecule has 1 fully saturated rings. The second-order valence-corrected chi connectivity index (χ2v) is 11.0. The number of hydrogen-bond donors (Lipinski definition) is 0. The first-order chi connectivity index (χ1) is 15.2. The summed E-state index contributed by atoms with van der Waals surface area (Å²) in [5.74, 6) is 0.518. The van der Waals surface area contributed by atoms with Crippen LogP contribution in [0.2, 0.25) is 0 Å². The smallest absolute Gasteiger partial charge is 0.317 e. The molecule has 1 aliphatic rings. The van der Waals surface area contributed by atoms with Crippen molar-refractivity contribution < 1.29 is 8.98 Å². The number of carbonyl (C=O) groups excluding carboxylic acids is 1. The predicted molar refractivity (Wildman–Crippen MR) is 129 cm³/mol. The Bertz CT molecular complexity index is 921. The van der Waals surface area contributed by atoms with Crippen LogP contribution < -0.4 is 0 Å². The fraction of sp³-hybridized carbons (Fsp3) is 0.321. The van der Waals surface area contributed by atoms with Crippen molar-refractivity contribution >= 4 is 16.3 Å². The zero-order valence-corrected chi connectivity index (χ0v) is 19.2. The molecule has 4 rings (SSSR count). The Labute approximate surface area is 188 Å². The van der Waals surface area contributed by atoms with Gasteiger partial charge in [-0.15, -0.1) is 0 Å². The van der Waals surface area contributed by atoms with Crippen molar-refractivity contribution in [1.82, 2.24) is 0 Å². The Morgan fingerprint density at radius 3 is 1.81 bits per heavy atom. The summed E-state index contributed by atoms with van der Waals surface area (Å²) in [5.41, 5.74) is 1.41. The first-order valence-electron chi connectivity index (χ1n) is 11.5. The molecule has 0 atom stereocenters. The van der Waals surface area contributed by atoms with Crippen molar-refractivity contribution in [3.63, 3.8) is 0 Å². The van der Waals surface area contributed by atoms with E-state index in [1.807, 2.05) is 43.3 Å². The van der Waals surface area contributed by atoms with Crippen LogP contribution in [0.1, 0.15) is 63.4 Å². The van der Waals surface area contributed by atoms with Gasteiger partial charge in [0.05, 0.1) is 0 Å². The van der Waals surface area contributed by atoms with E-state index in [1.54, 1.807) is 0 Å². The lowest BCUT2D eigenvalue weighted by atomic mass is 9.84. The highest BCUT2D eigenvalue weighted by Crippen LogP contribution is 2.69. The third-order valence-electron chi connectivity index (χ3n) is 6.11. The molecule has 0 aliphatic heterocycles. The van der Waals surface area contributed by atoms with Crippen LogP contribution in [0.4, 0.5) is 0 Å². The number of rotatable bonds is 7. The summed E-state index contributed by atoms with van der Waals surface area (Å²) in [6.45, 7) is 2.02. The first kappa shape index (κ1) is 21.7. The molecule has 3 heteroatoms.